The lowest BCUT2D eigenvalue weighted by Gasteiger charge is -2.61. The van der Waals surface area contributed by atoms with Crippen molar-refractivity contribution in [2.24, 2.45) is 17.3 Å². The minimum Gasteiger partial charge on any atom is -0.351 e. The van der Waals surface area contributed by atoms with Gasteiger partial charge in [0.2, 0.25) is 21.8 Å². The number of nitrogens with one attached hydrogen (secondary N) is 3. The number of rotatable bonds is 6. The summed E-state index contributed by atoms with van der Waals surface area (Å²) in [6.07, 6.45) is 5.48. The van der Waals surface area contributed by atoms with Crippen LogP contribution in [0.2, 0.25) is 0 Å². The molecule has 4 aliphatic carbocycles. The molecule has 0 heterocycles. The molecule has 2 unspecified atom stereocenters. The molecule has 0 aliphatic heterocycles. The van der Waals surface area contributed by atoms with Gasteiger partial charge in [0.15, 0.2) is 0 Å². The van der Waals surface area contributed by atoms with Gasteiger partial charge in [-0.2, -0.15) is 0 Å². The normalized spacial score (nSPS) is 32.3. The van der Waals surface area contributed by atoms with Crippen LogP contribution in [0.5, 0.6) is 0 Å². The van der Waals surface area contributed by atoms with Gasteiger partial charge in [-0.15, -0.1) is 0 Å². The molecular formula is C22H31N3O4S. The molecule has 4 fully saturated rings. The van der Waals surface area contributed by atoms with Crippen molar-refractivity contribution >= 4 is 27.5 Å². The Morgan fingerprint density at radius 3 is 2.17 bits per heavy atom. The molecule has 4 bridgehead atoms. The lowest BCUT2D eigenvalue weighted by Crippen LogP contribution is -2.65. The van der Waals surface area contributed by atoms with Gasteiger partial charge in [-0.05, 0) is 88.5 Å². The van der Waals surface area contributed by atoms with Gasteiger partial charge in [0.1, 0.15) is 0 Å². The highest BCUT2D eigenvalue weighted by Gasteiger charge is 2.60. The second-order valence-electron chi connectivity index (χ2n) is 9.96. The van der Waals surface area contributed by atoms with Crippen LogP contribution < -0.4 is 15.4 Å². The van der Waals surface area contributed by atoms with E-state index in [1.807, 2.05) is 0 Å². The monoisotopic (exact) mass is 433 g/mol. The van der Waals surface area contributed by atoms with E-state index in [0.29, 0.717) is 23.9 Å². The van der Waals surface area contributed by atoms with Crippen LogP contribution in [0.1, 0.15) is 59.3 Å². The molecule has 0 aromatic heterocycles. The molecule has 5 rings (SSSR count). The molecule has 0 radical (unpaired) electrons. The van der Waals surface area contributed by atoms with Gasteiger partial charge < -0.3 is 10.6 Å². The fourth-order valence-corrected chi connectivity index (χ4v) is 7.66. The van der Waals surface area contributed by atoms with Crippen molar-refractivity contribution in [2.75, 3.05) is 5.32 Å². The van der Waals surface area contributed by atoms with Crippen molar-refractivity contribution in [1.82, 2.24) is 10.0 Å². The SMILES string of the molecule is CC(=O)NC12CC3CC(C1)CC(C(=O)Nc1ccc(S(=O)(=O)NC(C)C)cc1)(C3)C2. The predicted molar refractivity (Wildman–Crippen MR) is 114 cm³/mol. The standard InChI is InChI=1S/C22H31N3O4S/c1-14(2)25-30(28,29)19-6-4-18(5-7-19)23-20(27)21-9-16-8-17(10-21)12-22(11-16,13-21)24-15(3)26/h4-7,14,16-17,25H,8-13H2,1-3H3,(H,23,27)(H,24,26). The van der Waals surface area contributed by atoms with E-state index >= 15 is 0 Å². The molecule has 164 valence electrons. The molecule has 1 aromatic carbocycles. The van der Waals surface area contributed by atoms with Gasteiger partial charge in [0.25, 0.3) is 0 Å². The zero-order chi connectivity index (χ0) is 21.7. The van der Waals surface area contributed by atoms with E-state index in [4.69, 9.17) is 0 Å². The molecule has 4 saturated carbocycles. The van der Waals surface area contributed by atoms with Crippen molar-refractivity contribution in [3.8, 4) is 0 Å². The van der Waals surface area contributed by atoms with E-state index in [9.17, 15) is 18.0 Å². The Labute approximate surface area is 178 Å². The van der Waals surface area contributed by atoms with E-state index < -0.39 is 15.4 Å². The third-order valence-corrected chi connectivity index (χ3v) is 8.47. The number of benzene rings is 1. The van der Waals surface area contributed by atoms with Gasteiger partial charge in [0.05, 0.1) is 10.3 Å². The number of hydrogen-bond donors (Lipinski definition) is 3. The smallest absolute Gasteiger partial charge is 0.240 e. The molecule has 1 aromatic rings. The van der Waals surface area contributed by atoms with Crippen molar-refractivity contribution in [3.05, 3.63) is 24.3 Å². The van der Waals surface area contributed by atoms with E-state index in [0.717, 1.165) is 32.1 Å². The van der Waals surface area contributed by atoms with Gasteiger partial charge in [-0.1, -0.05) is 0 Å². The fraction of sp³-hybridized carbons (Fsp3) is 0.636. The highest BCUT2D eigenvalue weighted by Crippen LogP contribution is 2.61. The van der Waals surface area contributed by atoms with Crippen molar-refractivity contribution in [1.29, 1.82) is 0 Å². The maximum Gasteiger partial charge on any atom is 0.240 e. The summed E-state index contributed by atoms with van der Waals surface area (Å²) in [5, 5.41) is 6.20. The van der Waals surface area contributed by atoms with Crippen LogP contribution in [-0.2, 0) is 19.6 Å². The summed E-state index contributed by atoms with van der Waals surface area (Å²) in [4.78, 5) is 25.3. The zero-order valence-corrected chi connectivity index (χ0v) is 18.6. The Kier molecular flexibility index (Phi) is 5.21. The first kappa shape index (κ1) is 21.3. The van der Waals surface area contributed by atoms with E-state index in [2.05, 4.69) is 15.4 Å². The van der Waals surface area contributed by atoms with Crippen LogP contribution in [-0.4, -0.2) is 31.8 Å². The van der Waals surface area contributed by atoms with Gasteiger partial charge in [0, 0.05) is 24.2 Å². The number of anilines is 1. The van der Waals surface area contributed by atoms with Crippen molar-refractivity contribution < 1.29 is 18.0 Å². The van der Waals surface area contributed by atoms with Crippen molar-refractivity contribution in [2.45, 2.75) is 75.8 Å². The van der Waals surface area contributed by atoms with Crippen LogP contribution in [0.4, 0.5) is 5.69 Å². The lowest BCUT2D eigenvalue weighted by molar-refractivity contribution is -0.148. The van der Waals surface area contributed by atoms with Crippen LogP contribution in [0, 0.1) is 17.3 Å². The minimum atomic E-state index is -3.56. The number of hydrogen-bond acceptors (Lipinski definition) is 4. The minimum absolute atomic E-state index is 0.0118. The summed E-state index contributed by atoms with van der Waals surface area (Å²) < 4.78 is 27.1. The molecule has 3 N–H and O–H groups in total. The summed E-state index contributed by atoms with van der Waals surface area (Å²) >= 11 is 0. The highest BCUT2D eigenvalue weighted by atomic mass is 32.2. The average Bonchev–Trinajstić information content (AvgIpc) is 2.58. The predicted octanol–water partition coefficient (Wildman–Crippen LogP) is 2.79. The third-order valence-electron chi connectivity index (χ3n) is 6.80. The molecule has 30 heavy (non-hydrogen) atoms. The number of carbonyl (C=O) groups excluding carboxylic acids is 2. The summed E-state index contributed by atoms with van der Waals surface area (Å²) in [7, 11) is -3.56. The Hall–Kier alpha value is -1.93. The quantitative estimate of drug-likeness (QED) is 0.642. The van der Waals surface area contributed by atoms with Crippen LogP contribution in [0.3, 0.4) is 0 Å². The molecule has 7 nitrogen and oxygen atoms in total. The molecule has 4 aliphatic rings. The largest absolute Gasteiger partial charge is 0.351 e. The maximum absolute atomic E-state index is 13.4. The molecule has 0 spiro atoms. The van der Waals surface area contributed by atoms with Gasteiger partial charge in [-0.3, -0.25) is 9.59 Å². The number of sulfonamides is 1. The molecule has 8 heteroatoms. The Morgan fingerprint density at radius 2 is 1.63 bits per heavy atom. The Balaban J connectivity index is 1.51. The average molecular weight is 434 g/mol. The van der Waals surface area contributed by atoms with Crippen LogP contribution in [0.25, 0.3) is 0 Å². The number of amides is 2. The van der Waals surface area contributed by atoms with E-state index in [1.165, 1.54) is 12.1 Å². The first-order valence-electron chi connectivity index (χ1n) is 10.7. The lowest BCUT2D eigenvalue weighted by atomic mass is 9.46. The Bertz CT molecular complexity index is 941. The van der Waals surface area contributed by atoms with Gasteiger partial charge >= 0.3 is 0 Å². The van der Waals surface area contributed by atoms with E-state index in [-0.39, 0.29) is 28.3 Å². The first-order chi connectivity index (χ1) is 14.0. The summed E-state index contributed by atoms with van der Waals surface area (Å²) in [5.74, 6) is 0.901. The summed E-state index contributed by atoms with van der Waals surface area (Å²) in [5.41, 5.74) is -0.127. The molecule has 2 atom stereocenters. The highest BCUT2D eigenvalue weighted by molar-refractivity contribution is 7.89. The number of carbonyl (C=O) groups is 2. The second kappa shape index (κ2) is 7.34. The van der Waals surface area contributed by atoms with Crippen LogP contribution in [0.15, 0.2) is 29.2 Å². The first-order valence-corrected chi connectivity index (χ1v) is 12.2. The van der Waals surface area contributed by atoms with Crippen molar-refractivity contribution in [3.63, 3.8) is 0 Å². The molecular weight excluding hydrogens is 402 g/mol. The Morgan fingerprint density at radius 1 is 1.03 bits per heavy atom. The maximum atomic E-state index is 13.4. The topological polar surface area (TPSA) is 104 Å². The van der Waals surface area contributed by atoms with E-state index in [1.54, 1.807) is 32.9 Å². The van der Waals surface area contributed by atoms with Gasteiger partial charge in [-0.25, -0.2) is 13.1 Å². The third kappa shape index (κ3) is 3.99. The molecule has 2 amide bonds. The zero-order valence-electron chi connectivity index (χ0n) is 17.8. The van der Waals surface area contributed by atoms with Crippen LogP contribution >= 0.6 is 0 Å². The second-order valence-corrected chi connectivity index (χ2v) is 11.7. The summed E-state index contributed by atoms with van der Waals surface area (Å²) in [6, 6.07) is 6.10. The molecule has 0 saturated heterocycles. The fourth-order valence-electron chi connectivity index (χ4n) is 6.41. The summed E-state index contributed by atoms with van der Waals surface area (Å²) in [6.45, 7) is 5.09.